The lowest BCUT2D eigenvalue weighted by molar-refractivity contribution is 0.601. The molecule has 0 aliphatic heterocycles. The predicted octanol–water partition coefficient (Wildman–Crippen LogP) is 4.85. The second-order valence-electron chi connectivity index (χ2n) is 6.49. The van der Waals surface area contributed by atoms with Crippen LogP contribution in [0.5, 0.6) is 0 Å². The van der Waals surface area contributed by atoms with Crippen molar-refractivity contribution in [2.24, 2.45) is 0 Å². The highest BCUT2D eigenvalue weighted by Gasteiger charge is 2.15. The van der Waals surface area contributed by atoms with Gasteiger partial charge < -0.3 is 4.57 Å². The van der Waals surface area contributed by atoms with Gasteiger partial charge in [-0.05, 0) is 55.0 Å². The van der Waals surface area contributed by atoms with E-state index in [2.05, 4.69) is 14.3 Å². The van der Waals surface area contributed by atoms with Crippen molar-refractivity contribution in [3.8, 4) is 0 Å². The fourth-order valence-electron chi connectivity index (χ4n) is 3.12. The number of nitrogens with zero attached hydrogens (tertiary/aromatic N) is 2. The van der Waals surface area contributed by atoms with Crippen LogP contribution in [0, 0.1) is 6.92 Å². The number of imidazole rings is 1. The molecule has 0 amide bonds. The summed E-state index contributed by atoms with van der Waals surface area (Å²) in [7, 11) is -3.68. The van der Waals surface area contributed by atoms with Gasteiger partial charge in [-0.15, -0.1) is 0 Å². The van der Waals surface area contributed by atoms with Crippen molar-refractivity contribution in [2.75, 3.05) is 4.72 Å². The lowest BCUT2D eigenvalue weighted by atomic mass is 10.2. The maximum atomic E-state index is 12.6. The van der Waals surface area contributed by atoms with Crippen LogP contribution in [0.25, 0.3) is 11.0 Å². The van der Waals surface area contributed by atoms with E-state index in [9.17, 15) is 8.42 Å². The van der Waals surface area contributed by atoms with E-state index in [1.807, 2.05) is 43.3 Å². The first kappa shape index (κ1) is 18.5. The SMILES string of the molecule is Cc1nc2ccccc2n1Cc1ccc(S(=O)(=O)Nc2cccc(Cl)c2)cc1. The standard InChI is InChI=1S/C21H18ClN3O2S/c1-15-23-20-7-2-3-8-21(20)25(15)14-16-9-11-19(12-10-16)28(26,27)24-18-6-4-5-17(22)13-18/h2-13,24H,14H2,1H3. The van der Waals surface area contributed by atoms with Crippen LogP contribution in [0.1, 0.15) is 11.4 Å². The molecule has 1 N–H and O–H groups in total. The van der Waals surface area contributed by atoms with Crippen LogP contribution >= 0.6 is 11.6 Å². The minimum Gasteiger partial charge on any atom is -0.324 e. The predicted molar refractivity (Wildman–Crippen MR) is 112 cm³/mol. The van der Waals surface area contributed by atoms with Crippen LogP contribution in [0.3, 0.4) is 0 Å². The molecule has 0 saturated carbocycles. The second-order valence-corrected chi connectivity index (χ2v) is 8.61. The number of aromatic nitrogens is 2. The quantitative estimate of drug-likeness (QED) is 0.510. The van der Waals surface area contributed by atoms with E-state index in [1.54, 1.807) is 36.4 Å². The monoisotopic (exact) mass is 411 g/mol. The molecule has 0 saturated heterocycles. The first-order valence-corrected chi connectivity index (χ1v) is 10.6. The van der Waals surface area contributed by atoms with E-state index in [0.29, 0.717) is 17.3 Å². The smallest absolute Gasteiger partial charge is 0.261 e. The van der Waals surface area contributed by atoms with Crippen LogP contribution in [-0.4, -0.2) is 18.0 Å². The van der Waals surface area contributed by atoms with Gasteiger partial charge >= 0.3 is 0 Å². The summed E-state index contributed by atoms with van der Waals surface area (Å²) in [6.45, 7) is 2.59. The number of para-hydroxylation sites is 2. The molecule has 0 atom stereocenters. The number of halogens is 1. The average Bonchev–Trinajstić information content (AvgIpc) is 2.97. The number of hydrogen-bond donors (Lipinski definition) is 1. The summed E-state index contributed by atoms with van der Waals surface area (Å²) >= 11 is 5.92. The Morgan fingerprint density at radius 3 is 2.50 bits per heavy atom. The molecular weight excluding hydrogens is 394 g/mol. The van der Waals surface area contributed by atoms with Gasteiger partial charge in [0.2, 0.25) is 0 Å². The van der Waals surface area contributed by atoms with Gasteiger partial charge in [-0.3, -0.25) is 4.72 Å². The van der Waals surface area contributed by atoms with Gasteiger partial charge in [-0.25, -0.2) is 13.4 Å². The minimum atomic E-state index is -3.68. The third-order valence-corrected chi connectivity index (χ3v) is 6.13. The maximum Gasteiger partial charge on any atom is 0.261 e. The molecule has 7 heteroatoms. The second kappa shape index (κ2) is 7.30. The van der Waals surface area contributed by atoms with Crippen molar-refractivity contribution in [1.82, 2.24) is 9.55 Å². The normalized spacial score (nSPS) is 11.6. The van der Waals surface area contributed by atoms with Gasteiger partial charge in [-0.1, -0.05) is 41.9 Å². The molecular formula is C21H18ClN3O2S. The van der Waals surface area contributed by atoms with Crippen molar-refractivity contribution in [3.63, 3.8) is 0 Å². The van der Waals surface area contributed by atoms with Gasteiger partial charge in [0.1, 0.15) is 5.82 Å². The lowest BCUT2D eigenvalue weighted by Crippen LogP contribution is -2.13. The summed E-state index contributed by atoms with van der Waals surface area (Å²) in [6.07, 6.45) is 0. The Hall–Kier alpha value is -2.83. The lowest BCUT2D eigenvalue weighted by Gasteiger charge is -2.10. The summed E-state index contributed by atoms with van der Waals surface area (Å²) in [5, 5.41) is 0.471. The number of benzene rings is 3. The molecule has 0 bridgehead atoms. The Bertz CT molecular complexity index is 1250. The molecule has 4 rings (SSSR count). The minimum absolute atomic E-state index is 0.198. The zero-order valence-electron chi connectivity index (χ0n) is 15.1. The molecule has 5 nitrogen and oxygen atoms in total. The molecule has 3 aromatic carbocycles. The largest absolute Gasteiger partial charge is 0.324 e. The number of anilines is 1. The van der Waals surface area contributed by atoms with E-state index in [0.717, 1.165) is 22.4 Å². The average molecular weight is 412 g/mol. The number of rotatable bonds is 5. The first-order valence-electron chi connectivity index (χ1n) is 8.71. The molecule has 4 aromatic rings. The van der Waals surface area contributed by atoms with Crippen molar-refractivity contribution in [3.05, 3.63) is 89.2 Å². The third kappa shape index (κ3) is 3.74. The Kier molecular flexibility index (Phi) is 4.83. The fourth-order valence-corrected chi connectivity index (χ4v) is 4.36. The van der Waals surface area contributed by atoms with Crippen molar-refractivity contribution in [1.29, 1.82) is 0 Å². The third-order valence-electron chi connectivity index (χ3n) is 4.50. The highest BCUT2D eigenvalue weighted by atomic mass is 35.5. The Morgan fingerprint density at radius 1 is 1.00 bits per heavy atom. The molecule has 1 aromatic heterocycles. The number of hydrogen-bond acceptors (Lipinski definition) is 3. The van der Waals surface area contributed by atoms with Gasteiger partial charge in [-0.2, -0.15) is 0 Å². The molecule has 0 fully saturated rings. The van der Waals surface area contributed by atoms with E-state index in [-0.39, 0.29) is 4.90 Å². The van der Waals surface area contributed by atoms with Crippen molar-refractivity contribution in [2.45, 2.75) is 18.4 Å². The van der Waals surface area contributed by atoms with Gasteiger partial charge in [0, 0.05) is 11.6 Å². The Balaban J connectivity index is 1.57. The molecule has 0 unspecified atom stereocenters. The summed E-state index contributed by atoms with van der Waals surface area (Å²) < 4.78 is 29.9. The summed E-state index contributed by atoms with van der Waals surface area (Å²) in [6, 6.07) is 21.4. The zero-order valence-corrected chi connectivity index (χ0v) is 16.7. The zero-order chi connectivity index (χ0) is 19.7. The highest BCUT2D eigenvalue weighted by Crippen LogP contribution is 2.21. The van der Waals surface area contributed by atoms with Gasteiger partial charge in [0.05, 0.1) is 21.6 Å². The van der Waals surface area contributed by atoms with E-state index >= 15 is 0 Å². The van der Waals surface area contributed by atoms with Crippen molar-refractivity contribution < 1.29 is 8.42 Å². The van der Waals surface area contributed by atoms with Gasteiger partial charge in [0.15, 0.2) is 0 Å². The molecule has 142 valence electrons. The number of fused-ring (bicyclic) bond motifs is 1. The molecule has 28 heavy (non-hydrogen) atoms. The summed E-state index contributed by atoms with van der Waals surface area (Å²) in [5.41, 5.74) is 3.43. The highest BCUT2D eigenvalue weighted by molar-refractivity contribution is 7.92. The maximum absolute atomic E-state index is 12.6. The number of nitrogens with one attached hydrogen (secondary N) is 1. The summed E-state index contributed by atoms with van der Waals surface area (Å²) in [5.74, 6) is 0.917. The molecule has 0 radical (unpaired) electrons. The topological polar surface area (TPSA) is 64.0 Å². The van der Waals surface area contributed by atoms with Gasteiger partial charge in [0.25, 0.3) is 10.0 Å². The van der Waals surface area contributed by atoms with Crippen LogP contribution in [0.15, 0.2) is 77.7 Å². The number of sulfonamides is 1. The number of aryl methyl sites for hydroxylation is 1. The first-order chi connectivity index (χ1) is 13.4. The van der Waals surface area contributed by atoms with Crippen LogP contribution in [0.2, 0.25) is 5.02 Å². The van der Waals surface area contributed by atoms with Crippen LogP contribution in [0.4, 0.5) is 5.69 Å². The van der Waals surface area contributed by atoms with E-state index in [4.69, 9.17) is 11.6 Å². The molecule has 0 aliphatic rings. The fraction of sp³-hybridized carbons (Fsp3) is 0.0952. The Labute approximate surface area is 168 Å². The van der Waals surface area contributed by atoms with Crippen LogP contribution in [-0.2, 0) is 16.6 Å². The molecule has 1 heterocycles. The van der Waals surface area contributed by atoms with E-state index < -0.39 is 10.0 Å². The van der Waals surface area contributed by atoms with E-state index in [1.165, 1.54) is 0 Å². The van der Waals surface area contributed by atoms with Crippen molar-refractivity contribution >= 4 is 38.3 Å². The summed E-state index contributed by atoms with van der Waals surface area (Å²) in [4.78, 5) is 4.76. The van der Waals surface area contributed by atoms with Crippen LogP contribution < -0.4 is 4.72 Å². The molecule has 0 spiro atoms. The molecule has 0 aliphatic carbocycles. The Morgan fingerprint density at radius 2 is 1.75 bits per heavy atom.